The maximum atomic E-state index is 14.4. The van der Waals surface area contributed by atoms with Crippen molar-refractivity contribution in [2.75, 3.05) is 22.5 Å². The summed E-state index contributed by atoms with van der Waals surface area (Å²) in [4.78, 5) is 25.5. The van der Waals surface area contributed by atoms with Crippen LogP contribution >= 0.6 is 23.4 Å². The second-order valence-electron chi connectivity index (χ2n) is 6.62. The molecule has 1 aliphatic heterocycles. The van der Waals surface area contributed by atoms with Gasteiger partial charge in [0.1, 0.15) is 12.1 Å². The number of halogens is 2. The lowest BCUT2D eigenvalue weighted by Gasteiger charge is -2.17. The average molecular weight is 446 g/mol. The summed E-state index contributed by atoms with van der Waals surface area (Å²) < 4.78 is 16.2. The van der Waals surface area contributed by atoms with Gasteiger partial charge in [-0.1, -0.05) is 29.4 Å². The maximum Gasteiger partial charge on any atom is 0.234 e. The van der Waals surface area contributed by atoms with Crippen molar-refractivity contribution < 1.29 is 14.0 Å². The van der Waals surface area contributed by atoms with Gasteiger partial charge in [-0.15, -0.1) is 10.2 Å². The average Bonchev–Trinajstić information content (AvgIpc) is 3.35. The molecule has 0 saturated carbocycles. The van der Waals surface area contributed by atoms with Crippen LogP contribution in [0.5, 0.6) is 0 Å². The molecule has 7 nitrogen and oxygen atoms in total. The topological polar surface area (TPSA) is 80.1 Å². The molecule has 0 unspecified atom stereocenters. The fourth-order valence-electron chi connectivity index (χ4n) is 3.16. The third-order valence-corrected chi connectivity index (χ3v) is 5.71. The Hall–Kier alpha value is -2.91. The molecule has 2 aromatic carbocycles. The van der Waals surface area contributed by atoms with Gasteiger partial charge in [-0.25, -0.2) is 4.39 Å². The van der Waals surface area contributed by atoms with Gasteiger partial charge in [-0.3, -0.25) is 14.2 Å². The minimum atomic E-state index is -0.545. The summed E-state index contributed by atoms with van der Waals surface area (Å²) in [5.41, 5.74) is 1.34. The summed E-state index contributed by atoms with van der Waals surface area (Å²) in [6.45, 7) is 0.505. The van der Waals surface area contributed by atoms with Crippen molar-refractivity contribution in [3.05, 3.63) is 59.6 Å². The van der Waals surface area contributed by atoms with Crippen molar-refractivity contribution >= 4 is 46.6 Å². The molecule has 0 aliphatic carbocycles. The fraction of sp³-hybridized carbons (Fsp3) is 0.200. The van der Waals surface area contributed by atoms with E-state index in [0.717, 1.165) is 5.69 Å². The standard InChI is InChI=1S/C20H17ClFN5O2S/c21-13-3-1-4-15(9-13)27-12-23-25-20(27)30-11-18(28)24-14-6-7-17(16(22)10-14)26-8-2-5-19(26)29/h1,3-4,6-7,9-10,12H,2,5,8,11H2,(H,24,28). The van der Waals surface area contributed by atoms with Crippen LogP contribution in [-0.2, 0) is 9.59 Å². The Morgan fingerprint density at radius 1 is 1.27 bits per heavy atom. The van der Waals surface area contributed by atoms with Gasteiger partial charge in [0.2, 0.25) is 11.8 Å². The molecule has 2 amide bonds. The molecule has 3 aromatic rings. The molecule has 1 aliphatic rings. The van der Waals surface area contributed by atoms with E-state index in [1.807, 2.05) is 12.1 Å². The van der Waals surface area contributed by atoms with Crippen LogP contribution in [0.25, 0.3) is 5.69 Å². The SMILES string of the molecule is O=C(CSc1nncn1-c1cccc(Cl)c1)Nc1ccc(N2CCCC2=O)c(F)c1. The third-order valence-electron chi connectivity index (χ3n) is 4.53. The summed E-state index contributed by atoms with van der Waals surface area (Å²) in [5, 5.41) is 11.7. The van der Waals surface area contributed by atoms with Crippen LogP contribution in [-0.4, -0.2) is 38.9 Å². The molecule has 0 atom stereocenters. The zero-order valence-electron chi connectivity index (χ0n) is 15.7. The van der Waals surface area contributed by atoms with Crippen molar-refractivity contribution in [3.63, 3.8) is 0 Å². The van der Waals surface area contributed by atoms with E-state index in [4.69, 9.17) is 11.6 Å². The van der Waals surface area contributed by atoms with Crippen LogP contribution in [0, 0.1) is 5.82 Å². The number of nitrogens with zero attached hydrogens (tertiary/aromatic N) is 4. The van der Waals surface area contributed by atoms with Gasteiger partial charge in [0.25, 0.3) is 0 Å². The smallest absolute Gasteiger partial charge is 0.234 e. The molecule has 30 heavy (non-hydrogen) atoms. The normalized spacial score (nSPS) is 13.7. The summed E-state index contributed by atoms with van der Waals surface area (Å²) >= 11 is 7.23. The van der Waals surface area contributed by atoms with Gasteiger partial charge < -0.3 is 10.2 Å². The zero-order chi connectivity index (χ0) is 21.1. The van der Waals surface area contributed by atoms with E-state index in [0.29, 0.717) is 35.3 Å². The Bertz CT molecular complexity index is 1110. The Morgan fingerprint density at radius 2 is 2.13 bits per heavy atom. The highest BCUT2D eigenvalue weighted by Crippen LogP contribution is 2.27. The first-order valence-corrected chi connectivity index (χ1v) is 10.6. The second-order valence-corrected chi connectivity index (χ2v) is 7.99. The number of nitrogens with one attached hydrogen (secondary N) is 1. The highest BCUT2D eigenvalue weighted by molar-refractivity contribution is 7.99. The van der Waals surface area contributed by atoms with Crippen LogP contribution in [0.15, 0.2) is 53.9 Å². The Balaban J connectivity index is 1.39. The summed E-state index contributed by atoms with van der Waals surface area (Å²) in [6, 6.07) is 11.5. The first kappa shape index (κ1) is 20.4. The van der Waals surface area contributed by atoms with Crippen molar-refractivity contribution in [1.82, 2.24) is 14.8 Å². The largest absolute Gasteiger partial charge is 0.325 e. The summed E-state index contributed by atoms with van der Waals surface area (Å²) in [7, 11) is 0. The molecular weight excluding hydrogens is 429 g/mol. The van der Waals surface area contributed by atoms with Gasteiger partial charge in [-0.2, -0.15) is 0 Å². The zero-order valence-corrected chi connectivity index (χ0v) is 17.3. The van der Waals surface area contributed by atoms with E-state index >= 15 is 0 Å². The maximum absolute atomic E-state index is 14.4. The minimum absolute atomic E-state index is 0.0627. The van der Waals surface area contributed by atoms with Crippen LogP contribution in [0.2, 0.25) is 5.02 Å². The molecule has 1 saturated heterocycles. The predicted octanol–water partition coefficient (Wildman–Crippen LogP) is 3.92. The number of amides is 2. The number of benzene rings is 2. The second kappa shape index (κ2) is 8.85. The van der Waals surface area contributed by atoms with Gasteiger partial charge in [0.05, 0.1) is 17.1 Å². The van der Waals surface area contributed by atoms with E-state index in [1.165, 1.54) is 28.8 Å². The van der Waals surface area contributed by atoms with Crippen molar-refractivity contribution in [2.24, 2.45) is 0 Å². The summed E-state index contributed by atoms with van der Waals surface area (Å²) in [6.07, 6.45) is 2.68. The lowest BCUT2D eigenvalue weighted by molar-refractivity contribution is -0.117. The molecule has 4 rings (SSSR count). The Labute approximate surface area is 181 Å². The number of carbonyl (C=O) groups is 2. The van der Waals surface area contributed by atoms with E-state index in [1.54, 1.807) is 29.1 Å². The molecule has 10 heteroatoms. The predicted molar refractivity (Wildman–Crippen MR) is 114 cm³/mol. The number of hydrogen-bond donors (Lipinski definition) is 1. The number of anilines is 2. The molecule has 1 N–H and O–H groups in total. The van der Waals surface area contributed by atoms with E-state index in [2.05, 4.69) is 15.5 Å². The molecule has 154 valence electrons. The van der Waals surface area contributed by atoms with Crippen molar-refractivity contribution in [3.8, 4) is 5.69 Å². The first-order valence-electron chi connectivity index (χ1n) is 9.20. The lowest BCUT2D eigenvalue weighted by Crippen LogP contribution is -2.24. The fourth-order valence-corrected chi connectivity index (χ4v) is 4.07. The number of aromatic nitrogens is 3. The van der Waals surface area contributed by atoms with Gasteiger partial charge in [0, 0.05) is 23.7 Å². The highest BCUT2D eigenvalue weighted by Gasteiger charge is 2.24. The van der Waals surface area contributed by atoms with Crippen LogP contribution < -0.4 is 10.2 Å². The van der Waals surface area contributed by atoms with Crippen LogP contribution in [0.3, 0.4) is 0 Å². The molecular formula is C20H17ClFN5O2S. The first-order chi connectivity index (χ1) is 14.5. The molecule has 0 radical (unpaired) electrons. The summed E-state index contributed by atoms with van der Waals surface area (Å²) in [5.74, 6) is -0.889. The van der Waals surface area contributed by atoms with Crippen LogP contribution in [0.4, 0.5) is 15.8 Å². The number of thioether (sulfide) groups is 1. The van der Waals surface area contributed by atoms with Crippen molar-refractivity contribution in [2.45, 2.75) is 18.0 Å². The van der Waals surface area contributed by atoms with Gasteiger partial charge in [-0.05, 0) is 42.8 Å². The third kappa shape index (κ3) is 4.47. The van der Waals surface area contributed by atoms with E-state index in [9.17, 15) is 14.0 Å². The van der Waals surface area contributed by atoms with Gasteiger partial charge >= 0.3 is 0 Å². The monoisotopic (exact) mass is 445 g/mol. The Kier molecular flexibility index (Phi) is 6.01. The molecule has 1 fully saturated rings. The van der Waals surface area contributed by atoms with Gasteiger partial charge in [0.15, 0.2) is 5.16 Å². The number of carbonyl (C=O) groups excluding carboxylic acids is 2. The quantitative estimate of drug-likeness (QED) is 0.582. The number of hydrogen-bond acceptors (Lipinski definition) is 5. The van der Waals surface area contributed by atoms with E-state index in [-0.39, 0.29) is 23.3 Å². The molecule has 0 bridgehead atoms. The number of rotatable bonds is 6. The van der Waals surface area contributed by atoms with Crippen LogP contribution in [0.1, 0.15) is 12.8 Å². The molecule has 1 aromatic heterocycles. The Morgan fingerprint density at radius 3 is 2.87 bits per heavy atom. The van der Waals surface area contributed by atoms with Crippen molar-refractivity contribution in [1.29, 1.82) is 0 Å². The van der Waals surface area contributed by atoms with E-state index < -0.39 is 5.82 Å². The minimum Gasteiger partial charge on any atom is -0.325 e. The lowest BCUT2D eigenvalue weighted by atomic mass is 10.2. The molecule has 2 heterocycles. The molecule has 0 spiro atoms. The highest BCUT2D eigenvalue weighted by atomic mass is 35.5.